The highest BCUT2D eigenvalue weighted by atomic mass is 19.1. The Labute approximate surface area is 132 Å². The van der Waals surface area contributed by atoms with Crippen LogP contribution in [0.25, 0.3) is 0 Å². The van der Waals surface area contributed by atoms with E-state index in [1.54, 1.807) is 18.2 Å². The van der Waals surface area contributed by atoms with Crippen LogP contribution in [0.3, 0.4) is 0 Å². The Morgan fingerprint density at radius 3 is 2.30 bits per heavy atom. The van der Waals surface area contributed by atoms with Gasteiger partial charge in [0.15, 0.2) is 6.61 Å². The van der Waals surface area contributed by atoms with Crippen LogP contribution in [0.2, 0.25) is 0 Å². The van der Waals surface area contributed by atoms with Crippen molar-refractivity contribution >= 4 is 11.9 Å². The second-order valence-electron chi connectivity index (χ2n) is 4.75. The van der Waals surface area contributed by atoms with E-state index in [9.17, 15) is 18.4 Å². The average molecular weight is 319 g/mol. The van der Waals surface area contributed by atoms with E-state index < -0.39 is 24.3 Å². The fourth-order valence-electron chi connectivity index (χ4n) is 1.92. The molecule has 4 nitrogen and oxygen atoms in total. The zero-order valence-electron chi connectivity index (χ0n) is 12.2. The SMILES string of the molecule is O=C(COC(=O)c1ccccc1F)NCCc1ccccc1F. The van der Waals surface area contributed by atoms with Crippen LogP contribution in [0.4, 0.5) is 8.78 Å². The van der Waals surface area contributed by atoms with E-state index in [4.69, 9.17) is 4.74 Å². The lowest BCUT2D eigenvalue weighted by Crippen LogP contribution is -2.30. The Balaban J connectivity index is 1.74. The molecule has 2 aromatic carbocycles. The van der Waals surface area contributed by atoms with Crippen molar-refractivity contribution in [1.29, 1.82) is 0 Å². The number of amides is 1. The summed E-state index contributed by atoms with van der Waals surface area (Å²) >= 11 is 0. The highest BCUT2D eigenvalue weighted by molar-refractivity contribution is 5.91. The molecule has 1 N–H and O–H groups in total. The third-order valence-electron chi connectivity index (χ3n) is 3.10. The molecule has 0 atom stereocenters. The van der Waals surface area contributed by atoms with Gasteiger partial charge in [-0.15, -0.1) is 0 Å². The summed E-state index contributed by atoms with van der Waals surface area (Å²) in [6, 6.07) is 11.6. The van der Waals surface area contributed by atoms with Crippen LogP contribution >= 0.6 is 0 Å². The molecule has 0 aliphatic carbocycles. The number of hydrogen-bond acceptors (Lipinski definition) is 3. The van der Waals surface area contributed by atoms with Crippen molar-refractivity contribution in [2.24, 2.45) is 0 Å². The number of carbonyl (C=O) groups excluding carboxylic acids is 2. The number of ether oxygens (including phenoxy) is 1. The minimum Gasteiger partial charge on any atom is -0.452 e. The molecule has 23 heavy (non-hydrogen) atoms. The van der Waals surface area contributed by atoms with E-state index in [2.05, 4.69) is 5.32 Å². The van der Waals surface area contributed by atoms with Gasteiger partial charge in [0, 0.05) is 6.54 Å². The molecule has 0 bridgehead atoms. The minimum atomic E-state index is -0.910. The number of esters is 1. The molecule has 2 rings (SSSR count). The van der Waals surface area contributed by atoms with Gasteiger partial charge in [-0.25, -0.2) is 13.6 Å². The molecule has 0 heterocycles. The van der Waals surface area contributed by atoms with Crippen molar-refractivity contribution in [3.05, 3.63) is 71.3 Å². The normalized spacial score (nSPS) is 10.2. The Hall–Kier alpha value is -2.76. The van der Waals surface area contributed by atoms with Crippen LogP contribution < -0.4 is 5.32 Å². The lowest BCUT2D eigenvalue weighted by atomic mass is 10.1. The van der Waals surface area contributed by atoms with E-state index in [0.717, 1.165) is 6.07 Å². The minimum absolute atomic E-state index is 0.205. The van der Waals surface area contributed by atoms with Crippen LogP contribution in [0.15, 0.2) is 48.5 Å². The fraction of sp³-hybridized carbons (Fsp3) is 0.176. The molecule has 120 valence electrons. The maximum atomic E-state index is 13.4. The van der Waals surface area contributed by atoms with Gasteiger partial charge in [-0.2, -0.15) is 0 Å². The lowest BCUT2D eigenvalue weighted by Gasteiger charge is -2.07. The Morgan fingerprint density at radius 1 is 0.957 bits per heavy atom. The summed E-state index contributed by atoms with van der Waals surface area (Å²) in [7, 11) is 0. The fourth-order valence-corrected chi connectivity index (χ4v) is 1.92. The maximum absolute atomic E-state index is 13.4. The quantitative estimate of drug-likeness (QED) is 0.832. The van der Waals surface area contributed by atoms with Crippen LogP contribution in [-0.2, 0) is 16.0 Å². The first kappa shape index (κ1) is 16.6. The Kier molecular flexibility index (Phi) is 5.80. The predicted octanol–water partition coefficient (Wildman–Crippen LogP) is 2.48. The van der Waals surface area contributed by atoms with E-state index in [1.165, 1.54) is 24.3 Å². The molecule has 0 saturated heterocycles. The first-order chi connectivity index (χ1) is 11.1. The second kappa shape index (κ2) is 8.03. The molecule has 0 radical (unpaired) electrons. The topological polar surface area (TPSA) is 55.4 Å². The largest absolute Gasteiger partial charge is 0.452 e. The molecule has 0 aliphatic heterocycles. The van der Waals surface area contributed by atoms with Crippen LogP contribution in [-0.4, -0.2) is 25.0 Å². The number of halogens is 2. The number of rotatable bonds is 6. The zero-order chi connectivity index (χ0) is 16.7. The zero-order valence-corrected chi connectivity index (χ0v) is 12.2. The maximum Gasteiger partial charge on any atom is 0.341 e. The molecule has 0 unspecified atom stereocenters. The van der Waals surface area contributed by atoms with E-state index in [1.807, 2.05) is 0 Å². The third kappa shape index (κ3) is 4.88. The monoisotopic (exact) mass is 319 g/mol. The molecule has 0 aromatic heterocycles. The highest BCUT2D eigenvalue weighted by Gasteiger charge is 2.13. The first-order valence-electron chi connectivity index (χ1n) is 6.99. The van der Waals surface area contributed by atoms with Gasteiger partial charge in [0.05, 0.1) is 5.56 Å². The van der Waals surface area contributed by atoms with Crippen molar-refractivity contribution < 1.29 is 23.1 Å². The average Bonchev–Trinajstić information content (AvgIpc) is 2.55. The number of benzene rings is 2. The highest BCUT2D eigenvalue weighted by Crippen LogP contribution is 2.08. The van der Waals surface area contributed by atoms with Crippen LogP contribution in [0.1, 0.15) is 15.9 Å². The standard InChI is InChI=1S/C17H15F2NO3/c18-14-7-3-1-5-12(14)9-10-20-16(21)11-23-17(22)13-6-2-4-8-15(13)19/h1-8H,9-11H2,(H,20,21). The van der Waals surface area contributed by atoms with Crippen molar-refractivity contribution in [2.45, 2.75) is 6.42 Å². The van der Waals surface area contributed by atoms with Crippen molar-refractivity contribution in [2.75, 3.05) is 13.2 Å². The number of hydrogen-bond donors (Lipinski definition) is 1. The van der Waals surface area contributed by atoms with E-state index in [-0.39, 0.29) is 17.9 Å². The van der Waals surface area contributed by atoms with Gasteiger partial charge in [0.1, 0.15) is 11.6 Å². The van der Waals surface area contributed by atoms with Crippen molar-refractivity contribution in [3.8, 4) is 0 Å². The number of carbonyl (C=O) groups is 2. The van der Waals surface area contributed by atoms with Crippen LogP contribution in [0.5, 0.6) is 0 Å². The van der Waals surface area contributed by atoms with Gasteiger partial charge in [-0.3, -0.25) is 4.79 Å². The molecule has 2 aromatic rings. The molecule has 0 aliphatic rings. The molecule has 0 fully saturated rings. The Bertz CT molecular complexity index is 704. The molecule has 0 spiro atoms. The molecule has 1 amide bonds. The number of nitrogens with one attached hydrogen (secondary N) is 1. The molecule has 6 heteroatoms. The molecule has 0 saturated carbocycles. The van der Waals surface area contributed by atoms with Crippen molar-refractivity contribution in [3.63, 3.8) is 0 Å². The van der Waals surface area contributed by atoms with Gasteiger partial charge in [0.2, 0.25) is 0 Å². The van der Waals surface area contributed by atoms with Gasteiger partial charge < -0.3 is 10.1 Å². The summed E-state index contributed by atoms with van der Waals surface area (Å²) in [6.07, 6.45) is 0.319. The first-order valence-corrected chi connectivity index (χ1v) is 6.99. The predicted molar refractivity (Wildman–Crippen MR) is 79.8 cm³/mol. The summed E-state index contributed by atoms with van der Waals surface area (Å²) in [5.74, 6) is -2.50. The van der Waals surface area contributed by atoms with Crippen molar-refractivity contribution in [1.82, 2.24) is 5.32 Å². The summed E-state index contributed by atoms with van der Waals surface area (Å²) in [4.78, 5) is 23.2. The van der Waals surface area contributed by atoms with Gasteiger partial charge in [0.25, 0.3) is 5.91 Å². The molecular formula is C17H15F2NO3. The van der Waals surface area contributed by atoms with E-state index >= 15 is 0 Å². The summed E-state index contributed by atoms with van der Waals surface area (Å²) in [5.41, 5.74) is 0.253. The third-order valence-corrected chi connectivity index (χ3v) is 3.10. The second-order valence-corrected chi connectivity index (χ2v) is 4.75. The molecular weight excluding hydrogens is 304 g/mol. The summed E-state index contributed by atoms with van der Waals surface area (Å²) in [5, 5.41) is 2.50. The summed E-state index contributed by atoms with van der Waals surface area (Å²) < 4.78 is 31.5. The summed E-state index contributed by atoms with van der Waals surface area (Å²) in [6.45, 7) is -0.318. The van der Waals surface area contributed by atoms with Crippen LogP contribution in [0, 0.1) is 11.6 Å². The van der Waals surface area contributed by atoms with Gasteiger partial charge >= 0.3 is 5.97 Å². The van der Waals surface area contributed by atoms with Gasteiger partial charge in [-0.05, 0) is 30.2 Å². The van der Waals surface area contributed by atoms with E-state index in [0.29, 0.717) is 12.0 Å². The Morgan fingerprint density at radius 2 is 1.61 bits per heavy atom. The smallest absolute Gasteiger partial charge is 0.341 e. The lowest BCUT2D eigenvalue weighted by molar-refractivity contribution is -0.124. The van der Waals surface area contributed by atoms with Gasteiger partial charge in [-0.1, -0.05) is 30.3 Å².